The Labute approximate surface area is 148 Å². The Morgan fingerprint density at radius 1 is 1.24 bits per heavy atom. The van der Waals surface area contributed by atoms with Gasteiger partial charge in [-0.1, -0.05) is 23.7 Å². The Hall–Kier alpha value is -2.99. The molecule has 0 radical (unpaired) electrons. The smallest absolute Gasteiger partial charge is 0.363 e. The van der Waals surface area contributed by atoms with Crippen LogP contribution in [0.3, 0.4) is 0 Å². The van der Waals surface area contributed by atoms with Crippen LogP contribution < -0.4 is 14.2 Å². The molecule has 0 saturated heterocycles. The van der Waals surface area contributed by atoms with Gasteiger partial charge in [-0.05, 0) is 35.9 Å². The zero-order valence-electron chi connectivity index (χ0n) is 13.1. The van der Waals surface area contributed by atoms with Gasteiger partial charge in [-0.2, -0.15) is 0 Å². The third-order valence-electron chi connectivity index (χ3n) is 3.71. The first-order chi connectivity index (χ1) is 12.2. The lowest BCUT2D eigenvalue weighted by Crippen LogP contribution is -2.05. The molecule has 0 aliphatic carbocycles. The van der Waals surface area contributed by atoms with Gasteiger partial charge in [-0.3, -0.25) is 0 Å². The molecule has 0 bridgehead atoms. The minimum atomic E-state index is -0.549. The number of halogens is 1. The summed E-state index contributed by atoms with van der Waals surface area (Å²) in [6.07, 6.45) is 1.59. The lowest BCUT2D eigenvalue weighted by Gasteiger charge is -2.05. The maximum atomic E-state index is 12.1. The van der Waals surface area contributed by atoms with Crippen LogP contribution in [0.5, 0.6) is 17.2 Å². The second kappa shape index (κ2) is 6.14. The van der Waals surface area contributed by atoms with Crippen molar-refractivity contribution in [3.63, 3.8) is 0 Å². The fourth-order valence-corrected chi connectivity index (χ4v) is 2.77. The van der Waals surface area contributed by atoms with Crippen molar-refractivity contribution in [2.75, 3.05) is 13.9 Å². The van der Waals surface area contributed by atoms with Crippen molar-refractivity contribution in [3.8, 4) is 17.2 Å². The van der Waals surface area contributed by atoms with Gasteiger partial charge in [0.1, 0.15) is 0 Å². The topological polar surface area (TPSA) is 66.4 Å². The van der Waals surface area contributed by atoms with E-state index in [-0.39, 0.29) is 18.4 Å². The minimum Gasteiger partial charge on any atom is -0.493 e. The van der Waals surface area contributed by atoms with E-state index in [2.05, 4.69) is 4.99 Å². The van der Waals surface area contributed by atoms with Crippen LogP contribution in [0.25, 0.3) is 6.08 Å². The van der Waals surface area contributed by atoms with Gasteiger partial charge in [0.25, 0.3) is 0 Å². The Balaban J connectivity index is 1.72. The van der Waals surface area contributed by atoms with Crippen LogP contribution in [0, 0.1) is 0 Å². The van der Waals surface area contributed by atoms with Crippen LogP contribution in [0.1, 0.15) is 11.1 Å². The number of fused-ring (bicyclic) bond motifs is 1. The molecular weight excluding hydrogens is 346 g/mol. The summed E-state index contributed by atoms with van der Waals surface area (Å²) < 4.78 is 21.3. The molecule has 2 aromatic carbocycles. The number of aliphatic imine (C=N–C) groups is 1. The molecule has 0 unspecified atom stereocenters. The summed E-state index contributed by atoms with van der Waals surface area (Å²) in [7, 11) is 1.53. The molecule has 0 N–H and O–H groups in total. The maximum Gasteiger partial charge on any atom is 0.363 e. The van der Waals surface area contributed by atoms with Crippen LogP contribution in [0.4, 0.5) is 0 Å². The van der Waals surface area contributed by atoms with Gasteiger partial charge in [0.2, 0.25) is 18.4 Å². The molecule has 6 nitrogen and oxygen atoms in total. The number of carbonyl (C=O) groups is 1. The second-order valence-electron chi connectivity index (χ2n) is 5.27. The highest BCUT2D eigenvalue weighted by Gasteiger charge is 2.26. The molecule has 2 aromatic rings. The lowest BCUT2D eigenvalue weighted by molar-refractivity contribution is -0.129. The van der Waals surface area contributed by atoms with Crippen LogP contribution in [-0.4, -0.2) is 25.8 Å². The molecule has 7 heteroatoms. The standard InChI is InChI=1S/C18H12ClNO5/c1-22-14-7-10(8-15-16(14)24-9-23-15)6-13-18(21)25-17(20-13)11-4-2-3-5-12(11)19/h2-8H,9H2,1H3/b13-6-. The minimum absolute atomic E-state index is 0.128. The number of ether oxygens (including phenoxy) is 4. The van der Waals surface area contributed by atoms with Gasteiger partial charge in [0, 0.05) is 0 Å². The van der Waals surface area contributed by atoms with E-state index in [0.29, 0.717) is 33.4 Å². The van der Waals surface area contributed by atoms with E-state index in [1.54, 1.807) is 42.5 Å². The molecule has 0 spiro atoms. The number of hydrogen-bond donors (Lipinski definition) is 0. The number of benzene rings is 2. The van der Waals surface area contributed by atoms with Crippen molar-refractivity contribution in [2.45, 2.75) is 0 Å². The number of cyclic esters (lactones) is 1. The van der Waals surface area contributed by atoms with E-state index < -0.39 is 5.97 Å². The molecule has 0 saturated carbocycles. The maximum absolute atomic E-state index is 12.1. The number of rotatable bonds is 3. The molecule has 2 aliphatic rings. The predicted octanol–water partition coefficient (Wildman–Crippen LogP) is 3.42. The van der Waals surface area contributed by atoms with Gasteiger partial charge >= 0.3 is 5.97 Å². The predicted molar refractivity (Wildman–Crippen MR) is 91.2 cm³/mol. The fraction of sp³-hybridized carbons (Fsp3) is 0.111. The highest BCUT2D eigenvalue weighted by atomic mass is 35.5. The summed E-state index contributed by atoms with van der Waals surface area (Å²) in [4.78, 5) is 16.4. The molecule has 0 fully saturated rings. The zero-order valence-corrected chi connectivity index (χ0v) is 13.9. The lowest BCUT2D eigenvalue weighted by atomic mass is 10.1. The van der Waals surface area contributed by atoms with Crippen molar-refractivity contribution in [1.82, 2.24) is 0 Å². The second-order valence-corrected chi connectivity index (χ2v) is 5.68. The van der Waals surface area contributed by atoms with E-state index in [9.17, 15) is 4.79 Å². The molecule has 25 heavy (non-hydrogen) atoms. The first-order valence-corrected chi connectivity index (χ1v) is 7.78. The van der Waals surface area contributed by atoms with Crippen LogP contribution in [0.15, 0.2) is 47.1 Å². The van der Waals surface area contributed by atoms with Crippen molar-refractivity contribution in [3.05, 3.63) is 58.2 Å². The quantitative estimate of drug-likeness (QED) is 0.622. The van der Waals surface area contributed by atoms with Crippen LogP contribution in [-0.2, 0) is 9.53 Å². The van der Waals surface area contributed by atoms with Gasteiger partial charge in [0.15, 0.2) is 17.2 Å². The molecule has 4 rings (SSSR count). The number of methoxy groups -OCH3 is 1. The van der Waals surface area contributed by atoms with Crippen LogP contribution >= 0.6 is 11.6 Å². The van der Waals surface area contributed by atoms with Gasteiger partial charge < -0.3 is 18.9 Å². The number of hydrogen-bond acceptors (Lipinski definition) is 6. The zero-order chi connectivity index (χ0) is 17.4. The Bertz CT molecular complexity index is 935. The average Bonchev–Trinajstić information content (AvgIpc) is 3.21. The molecule has 2 aliphatic heterocycles. The third kappa shape index (κ3) is 2.81. The normalized spacial score (nSPS) is 16.8. The van der Waals surface area contributed by atoms with Crippen molar-refractivity contribution >= 4 is 29.5 Å². The Morgan fingerprint density at radius 3 is 2.88 bits per heavy atom. The number of esters is 1. The highest BCUT2D eigenvalue weighted by Crippen LogP contribution is 2.42. The first-order valence-electron chi connectivity index (χ1n) is 7.41. The number of carbonyl (C=O) groups excluding carboxylic acids is 1. The van der Waals surface area contributed by atoms with Crippen molar-refractivity contribution < 1.29 is 23.7 Å². The number of nitrogens with zero attached hydrogens (tertiary/aromatic N) is 1. The summed E-state index contributed by atoms with van der Waals surface area (Å²) >= 11 is 6.12. The van der Waals surface area contributed by atoms with E-state index >= 15 is 0 Å². The van der Waals surface area contributed by atoms with Crippen molar-refractivity contribution in [2.24, 2.45) is 4.99 Å². The third-order valence-corrected chi connectivity index (χ3v) is 4.04. The van der Waals surface area contributed by atoms with E-state index in [1.807, 2.05) is 0 Å². The van der Waals surface area contributed by atoms with E-state index in [4.69, 9.17) is 30.5 Å². The summed E-state index contributed by atoms with van der Waals surface area (Å²) in [5.74, 6) is 1.23. The summed E-state index contributed by atoms with van der Waals surface area (Å²) in [5, 5.41) is 0.458. The van der Waals surface area contributed by atoms with E-state index in [1.165, 1.54) is 7.11 Å². The fourth-order valence-electron chi connectivity index (χ4n) is 2.55. The molecule has 0 aromatic heterocycles. The van der Waals surface area contributed by atoms with Gasteiger partial charge in [-0.15, -0.1) is 0 Å². The molecule has 0 amide bonds. The molecule has 2 heterocycles. The SMILES string of the molecule is COc1cc(/C=C2\N=C(c3ccccc3Cl)OC2=O)cc2c1OCO2. The van der Waals surface area contributed by atoms with Crippen LogP contribution in [0.2, 0.25) is 5.02 Å². The largest absolute Gasteiger partial charge is 0.493 e. The summed E-state index contributed by atoms with van der Waals surface area (Å²) in [6.45, 7) is 0.128. The van der Waals surface area contributed by atoms with Crippen molar-refractivity contribution in [1.29, 1.82) is 0 Å². The Kier molecular flexibility index (Phi) is 3.82. The summed E-state index contributed by atoms with van der Waals surface area (Å²) in [5.41, 5.74) is 1.40. The van der Waals surface area contributed by atoms with Gasteiger partial charge in [0.05, 0.1) is 17.7 Å². The molecule has 0 atom stereocenters. The molecular formula is C18H12ClNO5. The monoisotopic (exact) mass is 357 g/mol. The highest BCUT2D eigenvalue weighted by molar-refractivity contribution is 6.34. The first kappa shape index (κ1) is 15.5. The Morgan fingerprint density at radius 2 is 2.08 bits per heavy atom. The molecule has 126 valence electrons. The summed E-state index contributed by atoms with van der Waals surface area (Å²) in [6, 6.07) is 10.5. The average molecular weight is 358 g/mol. The van der Waals surface area contributed by atoms with Gasteiger partial charge in [-0.25, -0.2) is 9.79 Å². The van der Waals surface area contributed by atoms with E-state index in [0.717, 1.165) is 0 Å².